The number of nitrogens with zero attached hydrogens (tertiary/aromatic N) is 2. The van der Waals surface area contributed by atoms with E-state index >= 15 is 0 Å². The normalized spacial score (nSPS) is 16.2. The summed E-state index contributed by atoms with van der Waals surface area (Å²) in [4.78, 5) is 5.26. The summed E-state index contributed by atoms with van der Waals surface area (Å²) in [6.45, 7) is 9.39. The van der Waals surface area contributed by atoms with Crippen LogP contribution in [0, 0.1) is 0 Å². The maximum Gasteiger partial charge on any atom is 0.101 e. The Morgan fingerprint density at radius 2 is 0.833 bits per heavy atom. The minimum atomic E-state index is 0.642. The van der Waals surface area contributed by atoms with Crippen LogP contribution in [0.1, 0.15) is 149 Å². The average molecular weight is 421 g/mol. The first-order valence-electron chi connectivity index (χ1n) is 14.0. The Balaban J connectivity index is 2.10. The highest BCUT2D eigenvalue weighted by Gasteiger charge is 2.24. The molecular formula is C28H56N2. The van der Waals surface area contributed by atoms with E-state index in [1.54, 1.807) is 0 Å². The Kier molecular flexibility index (Phi) is 18.5. The van der Waals surface area contributed by atoms with Crippen molar-refractivity contribution in [1.82, 2.24) is 9.80 Å². The highest BCUT2D eigenvalue weighted by Crippen LogP contribution is 2.23. The molecule has 0 spiro atoms. The first kappa shape index (κ1) is 27.4. The van der Waals surface area contributed by atoms with Crippen molar-refractivity contribution in [3.05, 3.63) is 12.4 Å². The van der Waals surface area contributed by atoms with Gasteiger partial charge in [-0.3, -0.25) is 0 Å². The summed E-state index contributed by atoms with van der Waals surface area (Å²) in [6, 6.07) is 0. The van der Waals surface area contributed by atoms with Crippen molar-refractivity contribution >= 4 is 0 Å². The summed E-state index contributed by atoms with van der Waals surface area (Å²) < 4.78 is 0. The predicted molar refractivity (Wildman–Crippen MR) is 136 cm³/mol. The molecule has 178 valence electrons. The van der Waals surface area contributed by atoms with Crippen molar-refractivity contribution in [2.24, 2.45) is 0 Å². The molecule has 0 saturated carbocycles. The molecule has 0 aromatic rings. The maximum atomic E-state index is 2.65. The van der Waals surface area contributed by atoms with Crippen LogP contribution in [-0.2, 0) is 0 Å². The summed E-state index contributed by atoms with van der Waals surface area (Å²) in [5.41, 5.74) is 0. The Hall–Kier alpha value is -0.660. The zero-order chi connectivity index (χ0) is 21.7. The Morgan fingerprint density at radius 1 is 0.433 bits per heavy atom. The molecule has 30 heavy (non-hydrogen) atoms. The van der Waals surface area contributed by atoms with Gasteiger partial charge in [0.2, 0.25) is 0 Å². The average Bonchev–Trinajstić information content (AvgIpc) is 3.13. The van der Waals surface area contributed by atoms with Gasteiger partial charge in [0.05, 0.1) is 0 Å². The monoisotopic (exact) mass is 420 g/mol. The van der Waals surface area contributed by atoms with E-state index in [0.29, 0.717) is 6.17 Å². The van der Waals surface area contributed by atoms with E-state index in [1.807, 2.05) is 0 Å². The van der Waals surface area contributed by atoms with Crippen LogP contribution in [-0.4, -0.2) is 29.1 Å². The minimum Gasteiger partial charge on any atom is -0.356 e. The van der Waals surface area contributed by atoms with Gasteiger partial charge in [0.25, 0.3) is 0 Å². The van der Waals surface area contributed by atoms with Crippen LogP contribution in [0.15, 0.2) is 12.4 Å². The summed E-state index contributed by atoms with van der Waals surface area (Å²) in [6.07, 6.45) is 33.7. The molecule has 1 aliphatic heterocycles. The van der Waals surface area contributed by atoms with Crippen LogP contribution >= 0.6 is 0 Å². The highest BCUT2D eigenvalue weighted by molar-refractivity contribution is 4.96. The Morgan fingerprint density at radius 3 is 1.30 bits per heavy atom. The van der Waals surface area contributed by atoms with Gasteiger partial charge in [-0.25, -0.2) is 0 Å². The predicted octanol–water partition coefficient (Wildman–Crippen LogP) is 9.26. The lowest BCUT2D eigenvalue weighted by Crippen LogP contribution is -2.39. The van der Waals surface area contributed by atoms with E-state index < -0.39 is 0 Å². The molecule has 2 heteroatoms. The van der Waals surface area contributed by atoms with E-state index in [-0.39, 0.29) is 0 Å². The van der Waals surface area contributed by atoms with Gasteiger partial charge < -0.3 is 9.80 Å². The third-order valence-electron chi connectivity index (χ3n) is 6.78. The second-order valence-electron chi connectivity index (χ2n) is 9.70. The van der Waals surface area contributed by atoms with Crippen LogP contribution in [0.4, 0.5) is 0 Å². The molecule has 0 radical (unpaired) electrons. The molecular weight excluding hydrogens is 364 g/mol. The van der Waals surface area contributed by atoms with Gasteiger partial charge in [0, 0.05) is 25.5 Å². The zero-order valence-corrected chi connectivity index (χ0v) is 21.2. The van der Waals surface area contributed by atoms with E-state index in [0.717, 1.165) is 0 Å². The highest BCUT2D eigenvalue weighted by atomic mass is 15.4. The first-order chi connectivity index (χ1) is 14.8. The molecule has 0 amide bonds. The lowest BCUT2D eigenvalue weighted by molar-refractivity contribution is 0.137. The largest absolute Gasteiger partial charge is 0.356 e. The molecule has 1 unspecified atom stereocenters. The van der Waals surface area contributed by atoms with Crippen molar-refractivity contribution in [1.29, 1.82) is 0 Å². The molecule has 1 heterocycles. The van der Waals surface area contributed by atoms with Gasteiger partial charge in [-0.15, -0.1) is 0 Å². The first-order valence-corrected chi connectivity index (χ1v) is 14.0. The van der Waals surface area contributed by atoms with Crippen LogP contribution in [0.2, 0.25) is 0 Å². The summed E-state index contributed by atoms with van der Waals surface area (Å²) >= 11 is 0. The molecule has 0 saturated heterocycles. The Bertz CT molecular complexity index is 379. The van der Waals surface area contributed by atoms with Gasteiger partial charge in [-0.2, -0.15) is 0 Å². The van der Waals surface area contributed by atoms with Gasteiger partial charge in [-0.05, 0) is 25.7 Å². The molecule has 1 aliphatic rings. The SMILES string of the molecule is CCCCCCCCCCCCCC1N(CCC)C=CN1CCCCCCCCC. The topological polar surface area (TPSA) is 6.48 Å². The summed E-state index contributed by atoms with van der Waals surface area (Å²) in [5, 5.41) is 0. The maximum absolute atomic E-state index is 2.65. The Labute approximate surface area is 190 Å². The fraction of sp³-hybridized carbons (Fsp3) is 0.929. The van der Waals surface area contributed by atoms with Gasteiger partial charge in [-0.1, -0.05) is 124 Å². The van der Waals surface area contributed by atoms with Gasteiger partial charge in [0.15, 0.2) is 0 Å². The van der Waals surface area contributed by atoms with E-state index in [2.05, 4.69) is 43.0 Å². The summed E-state index contributed by atoms with van der Waals surface area (Å²) in [7, 11) is 0. The standard InChI is InChI=1S/C28H56N2/c1-4-7-9-11-13-14-15-16-17-19-21-23-28-29(24-6-3)26-27-30(28)25-22-20-18-12-10-8-5-2/h26-28H,4-25H2,1-3H3. The van der Waals surface area contributed by atoms with Crippen molar-refractivity contribution in [2.75, 3.05) is 13.1 Å². The number of rotatable bonds is 22. The van der Waals surface area contributed by atoms with Crippen LogP contribution in [0.25, 0.3) is 0 Å². The lowest BCUT2D eigenvalue weighted by Gasteiger charge is -2.33. The molecule has 0 fully saturated rings. The van der Waals surface area contributed by atoms with Crippen LogP contribution in [0.5, 0.6) is 0 Å². The van der Waals surface area contributed by atoms with Crippen molar-refractivity contribution < 1.29 is 0 Å². The van der Waals surface area contributed by atoms with E-state index in [4.69, 9.17) is 0 Å². The minimum absolute atomic E-state index is 0.642. The molecule has 0 aliphatic carbocycles. The second kappa shape index (κ2) is 20.3. The van der Waals surface area contributed by atoms with Gasteiger partial charge in [0.1, 0.15) is 6.17 Å². The summed E-state index contributed by atoms with van der Waals surface area (Å²) in [5.74, 6) is 0. The second-order valence-corrected chi connectivity index (χ2v) is 9.70. The van der Waals surface area contributed by atoms with Crippen LogP contribution in [0.3, 0.4) is 0 Å². The smallest absolute Gasteiger partial charge is 0.101 e. The number of hydrogen-bond donors (Lipinski definition) is 0. The molecule has 0 N–H and O–H groups in total. The van der Waals surface area contributed by atoms with Crippen LogP contribution < -0.4 is 0 Å². The molecule has 0 aromatic heterocycles. The molecule has 0 aromatic carbocycles. The quantitative estimate of drug-likeness (QED) is 0.161. The third kappa shape index (κ3) is 13.6. The fourth-order valence-electron chi connectivity index (χ4n) is 4.84. The van der Waals surface area contributed by atoms with Crippen molar-refractivity contribution in [3.8, 4) is 0 Å². The van der Waals surface area contributed by atoms with E-state index in [1.165, 1.54) is 142 Å². The molecule has 1 rings (SSSR count). The number of hydrogen-bond acceptors (Lipinski definition) is 2. The fourth-order valence-corrected chi connectivity index (χ4v) is 4.84. The molecule has 0 bridgehead atoms. The van der Waals surface area contributed by atoms with E-state index in [9.17, 15) is 0 Å². The van der Waals surface area contributed by atoms with Gasteiger partial charge >= 0.3 is 0 Å². The third-order valence-corrected chi connectivity index (χ3v) is 6.78. The van der Waals surface area contributed by atoms with Crippen molar-refractivity contribution in [3.63, 3.8) is 0 Å². The zero-order valence-electron chi connectivity index (χ0n) is 21.2. The number of unbranched alkanes of at least 4 members (excludes halogenated alkanes) is 16. The molecule has 1 atom stereocenters. The lowest BCUT2D eigenvalue weighted by atomic mass is 10.0. The van der Waals surface area contributed by atoms with Crippen molar-refractivity contribution in [2.45, 2.75) is 155 Å². The molecule has 2 nitrogen and oxygen atoms in total.